The molecule has 0 spiro atoms. The number of carbonyl (C=O) groups is 2. The first-order valence-corrected chi connectivity index (χ1v) is 9.40. The van der Waals surface area contributed by atoms with Crippen LogP contribution in [-0.2, 0) is 16.2 Å². The zero-order valence-corrected chi connectivity index (χ0v) is 16.2. The topological polar surface area (TPSA) is 102 Å². The maximum atomic E-state index is 12.8. The number of benzene rings is 3. The lowest BCUT2D eigenvalue weighted by atomic mass is 10.1. The molecule has 8 heteroatoms. The number of hydrogen-bond acceptors (Lipinski definition) is 5. The van der Waals surface area contributed by atoms with Crippen LogP contribution in [0.5, 0.6) is 5.75 Å². The van der Waals surface area contributed by atoms with Crippen molar-refractivity contribution in [3.05, 3.63) is 106 Å². The van der Waals surface area contributed by atoms with E-state index in [1.807, 2.05) is 6.07 Å². The Morgan fingerprint density at radius 1 is 0.968 bits per heavy atom. The molecular formula is C23H17N3O5. The summed E-state index contributed by atoms with van der Waals surface area (Å²) in [6.45, 7) is 0.0954. The van der Waals surface area contributed by atoms with Crippen molar-refractivity contribution in [2.45, 2.75) is 6.61 Å². The van der Waals surface area contributed by atoms with Gasteiger partial charge in [0.15, 0.2) is 0 Å². The van der Waals surface area contributed by atoms with Crippen molar-refractivity contribution < 1.29 is 19.2 Å². The number of amides is 2. The average Bonchev–Trinajstić information content (AvgIpc) is 3.07. The van der Waals surface area contributed by atoms with Crippen LogP contribution in [0, 0.1) is 10.1 Å². The molecule has 0 radical (unpaired) electrons. The molecule has 0 unspecified atom stereocenters. The van der Waals surface area contributed by atoms with Crippen LogP contribution in [-0.4, -0.2) is 16.7 Å². The fourth-order valence-corrected chi connectivity index (χ4v) is 3.12. The van der Waals surface area contributed by atoms with Crippen LogP contribution in [0.2, 0.25) is 0 Å². The van der Waals surface area contributed by atoms with Gasteiger partial charge in [-0.25, -0.2) is 5.01 Å². The van der Waals surface area contributed by atoms with Gasteiger partial charge < -0.3 is 4.74 Å². The number of anilines is 1. The van der Waals surface area contributed by atoms with E-state index in [4.69, 9.17) is 4.74 Å². The predicted molar refractivity (Wildman–Crippen MR) is 114 cm³/mol. The first-order valence-electron chi connectivity index (χ1n) is 9.40. The summed E-state index contributed by atoms with van der Waals surface area (Å²) < 4.78 is 5.83. The summed E-state index contributed by atoms with van der Waals surface area (Å²) in [5.74, 6) is -0.535. The van der Waals surface area contributed by atoms with Crippen LogP contribution in [0.25, 0.3) is 6.08 Å². The smallest absolute Gasteiger partial charge is 0.282 e. The van der Waals surface area contributed by atoms with Gasteiger partial charge in [0.2, 0.25) is 0 Å². The van der Waals surface area contributed by atoms with Gasteiger partial charge in [0.1, 0.15) is 17.9 Å². The number of hydrogen-bond donors (Lipinski definition) is 1. The van der Waals surface area contributed by atoms with E-state index in [1.54, 1.807) is 60.7 Å². The van der Waals surface area contributed by atoms with Gasteiger partial charge in [0.25, 0.3) is 17.5 Å². The number of rotatable bonds is 6. The number of nitro groups is 1. The molecule has 0 saturated carbocycles. The summed E-state index contributed by atoms with van der Waals surface area (Å²) in [4.78, 5) is 35.7. The molecule has 1 fully saturated rings. The third-order valence-corrected chi connectivity index (χ3v) is 4.64. The van der Waals surface area contributed by atoms with Crippen molar-refractivity contribution in [3.8, 4) is 5.75 Å². The molecule has 31 heavy (non-hydrogen) atoms. The number of hydrazine groups is 1. The second-order valence-corrected chi connectivity index (χ2v) is 6.73. The minimum atomic E-state index is -0.512. The van der Waals surface area contributed by atoms with Crippen LogP contribution in [0.15, 0.2) is 84.4 Å². The first-order chi connectivity index (χ1) is 15.0. The SMILES string of the molecule is O=C1NN(c2ccccc2)C(=O)C1=Cc1ccccc1OCc1cccc([N+](=O)[O-])c1. The van der Waals surface area contributed by atoms with E-state index < -0.39 is 16.7 Å². The number of nitro benzene ring substituents is 1. The lowest BCUT2D eigenvalue weighted by Crippen LogP contribution is -2.35. The van der Waals surface area contributed by atoms with Gasteiger partial charge in [0, 0.05) is 17.7 Å². The number of non-ortho nitro benzene ring substituents is 1. The molecule has 2 amide bonds. The molecule has 4 rings (SSSR count). The molecule has 0 aliphatic carbocycles. The maximum absolute atomic E-state index is 12.8. The van der Waals surface area contributed by atoms with Crippen LogP contribution in [0.4, 0.5) is 11.4 Å². The molecule has 8 nitrogen and oxygen atoms in total. The van der Waals surface area contributed by atoms with E-state index >= 15 is 0 Å². The third-order valence-electron chi connectivity index (χ3n) is 4.64. The minimum absolute atomic E-state index is 0.0183. The van der Waals surface area contributed by atoms with Crippen molar-refractivity contribution in [2.75, 3.05) is 5.01 Å². The molecule has 3 aromatic rings. The van der Waals surface area contributed by atoms with Crippen molar-refractivity contribution in [3.63, 3.8) is 0 Å². The number of para-hydroxylation sites is 2. The number of nitrogens with one attached hydrogen (secondary N) is 1. The molecule has 0 atom stereocenters. The molecule has 1 heterocycles. The second kappa shape index (κ2) is 8.50. The second-order valence-electron chi connectivity index (χ2n) is 6.73. The van der Waals surface area contributed by atoms with Gasteiger partial charge in [-0.15, -0.1) is 0 Å². The molecule has 0 aromatic heterocycles. The summed E-state index contributed by atoms with van der Waals surface area (Å²) in [5.41, 5.74) is 4.24. The third kappa shape index (κ3) is 4.27. The highest BCUT2D eigenvalue weighted by molar-refractivity contribution is 6.31. The molecule has 1 aliphatic rings. The zero-order chi connectivity index (χ0) is 21.8. The van der Waals surface area contributed by atoms with Gasteiger partial charge in [-0.3, -0.25) is 25.1 Å². The standard InChI is InChI=1S/C23H17N3O5/c27-22-20(23(28)25(24-22)18-9-2-1-3-10-18)14-17-8-4-5-12-21(17)31-15-16-7-6-11-19(13-16)26(29)30/h1-14H,15H2,(H,24,27). The summed E-state index contributed by atoms with van der Waals surface area (Å²) in [5, 5.41) is 12.1. The Hall–Kier alpha value is -4.46. The van der Waals surface area contributed by atoms with Crippen LogP contribution < -0.4 is 15.2 Å². The number of ether oxygens (including phenoxy) is 1. The molecule has 1 aliphatic heterocycles. The largest absolute Gasteiger partial charge is 0.488 e. The Morgan fingerprint density at radius 3 is 2.48 bits per heavy atom. The average molecular weight is 415 g/mol. The van der Waals surface area contributed by atoms with Gasteiger partial charge in [0.05, 0.1) is 10.6 Å². The monoisotopic (exact) mass is 415 g/mol. The summed E-state index contributed by atoms with van der Waals surface area (Å²) in [7, 11) is 0. The van der Waals surface area contributed by atoms with Crippen LogP contribution in [0.1, 0.15) is 11.1 Å². The van der Waals surface area contributed by atoms with Crippen molar-refractivity contribution in [1.29, 1.82) is 0 Å². The normalized spacial score (nSPS) is 14.6. The van der Waals surface area contributed by atoms with Gasteiger partial charge in [-0.05, 0) is 29.8 Å². The van der Waals surface area contributed by atoms with Crippen molar-refractivity contribution in [2.24, 2.45) is 0 Å². The van der Waals surface area contributed by atoms with E-state index in [-0.39, 0.29) is 17.9 Å². The van der Waals surface area contributed by atoms with Crippen molar-refractivity contribution >= 4 is 29.3 Å². The lowest BCUT2D eigenvalue weighted by Gasteiger charge is -2.14. The Labute approximate surface area is 177 Å². The summed E-state index contributed by atoms with van der Waals surface area (Å²) >= 11 is 0. The predicted octanol–water partition coefficient (Wildman–Crippen LogP) is 3.64. The van der Waals surface area contributed by atoms with Crippen molar-refractivity contribution in [1.82, 2.24) is 5.43 Å². The molecule has 0 bridgehead atoms. The van der Waals surface area contributed by atoms with Gasteiger partial charge in [-0.1, -0.05) is 48.5 Å². The molecule has 1 N–H and O–H groups in total. The Balaban J connectivity index is 1.57. The Morgan fingerprint density at radius 2 is 1.71 bits per heavy atom. The fourth-order valence-electron chi connectivity index (χ4n) is 3.12. The van der Waals surface area contributed by atoms with Gasteiger partial charge in [-0.2, -0.15) is 0 Å². The number of nitrogens with zero attached hydrogens (tertiary/aromatic N) is 2. The van der Waals surface area contributed by atoms with Gasteiger partial charge >= 0.3 is 0 Å². The van der Waals surface area contributed by atoms with Crippen LogP contribution in [0.3, 0.4) is 0 Å². The highest BCUT2D eigenvalue weighted by atomic mass is 16.6. The molecule has 3 aromatic carbocycles. The van der Waals surface area contributed by atoms with E-state index in [9.17, 15) is 19.7 Å². The zero-order valence-electron chi connectivity index (χ0n) is 16.2. The molecular weight excluding hydrogens is 398 g/mol. The maximum Gasteiger partial charge on any atom is 0.282 e. The lowest BCUT2D eigenvalue weighted by molar-refractivity contribution is -0.384. The summed E-state index contributed by atoms with van der Waals surface area (Å²) in [6, 6.07) is 21.9. The van der Waals surface area contributed by atoms with Crippen LogP contribution >= 0.6 is 0 Å². The Kier molecular flexibility index (Phi) is 5.44. The molecule has 154 valence electrons. The number of carbonyl (C=O) groups excluding carboxylic acids is 2. The minimum Gasteiger partial charge on any atom is -0.488 e. The highest BCUT2D eigenvalue weighted by Crippen LogP contribution is 2.26. The first kappa shape index (κ1) is 19.8. The van der Waals surface area contributed by atoms with E-state index in [0.717, 1.165) is 0 Å². The highest BCUT2D eigenvalue weighted by Gasteiger charge is 2.34. The summed E-state index contributed by atoms with van der Waals surface area (Å²) in [6.07, 6.45) is 1.48. The van der Waals surface area contributed by atoms with E-state index in [2.05, 4.69) is 5.43 Å². The van der Waals surface area contributed by atoms with E-state index in [0.29, 0.717) is 22.6 Å². The quantitative estimate of drug-likeness (QED) is 0.287. The fraction of sp³-hybridized carbons (Fsp3) is 0.0435. The molecule has 1 saturated heterocycles. The Bertz CT molecular complexity index is 1190. The van der Waals surface area contributed by atoms with E-state index in [1.165, 1.54) is 23.2 Å².